The molecule has 1 heterocycles. The molecular formula is C12H21N3O. The van der Waals surface area contributed by atoms with Crippen LogP contribution in [0.2, 0.25) is 0 Å². The Morgan fingerprint density at radius 1 is 1.38 bits per heavy atom. The van der Waals surface area contributed by atoms with Crippen molar-refractivity contribution >= 4 is 5.82 Å². The summed E-state index contributed by atoms with van der Waals surface area (Å²) in [5, 5.41) is 3.41. The van der Waals surface area contributed by atoms with Crippen LogP contribution in [0.3, 0.4) is 0 Å². The third-order valence-electron chi connectivity index (χ3n) is 2.60. The maximum atomic E-state index is 5.12. The molecule has 0 saturated heterocycles. The lowest BCUT2D eigenvalue weighted by atomic mass is 10.0. The van der Waals surface area contributed by atoms with Gasteiger partial charge in [0.25, 0.3) is 0 Å². The van der Waals surface area contributed by atoms with Crippen molar-refractivity contribution in [2.75, 3.05) is 12.4 Å². The quantitative estimate of drug-likeness (QED) is 0.833. The van der Waals surface area contributed by atoms with Gasteiger partial charge < -0.3 is 10.1 Å². The van der Waals surface area contributed by atoms with Crippen LogP contribution in [0.4, 0.5) is 5.82 Å². The van der Waals surface area contributed by atoms with E-state index < -0.39 is 0 Å². The standard InChI is InChI=1S/C12H21N3O/c1-6-10(8(2)3)15-11-7-12(16-5)14-9(4)13-11/h7-8,10H,6H2,1-5H3,(H,13,14,15). The zero-order valence-electron chi connectivity index (χ0n) is 10.7. The number of aromatic nitrogens is 2. The van der Waals surface area contributed by atoms with Gasteiger partial charge >= 0.3 is 0 Å². The molecule has 4 heteroatoms. The second kappa shape index (κ2) is 5.68. The van der Waals surface area contributed by atoms with Gasteiger partial charge in [-0.1, -0.05) is 20.8 Å². The fraction of sp³-hybridized carbons (Fsp3) is 0.667. The molecule has 0 aliphatic carbocycles. The van der Waals surface area contributed by atoms with Gasteiger partial charge in [-0.05, 0) is 19.3 Å². The smallest absolute Gasteiger partial charge is 0.218 e. The second-order valence-corrected chi connectivity index (χ2v) is 4.25. The first kappa shape index (κ1) is 12.7. The first-order chi connectivity index (χ1) is 7.56. The number of rotatable bonds is 5. The minimum absolute atomic E-state index is 0.430. The van der Waals surface area contributed by atoms with Crippen molar-refractivity contribution in [2.45, 2.75) is 40.2 Å². The number of nitrogens with one attached hydrogen (secondary N) is 1. The van der Waals surface area contributed by atoms with Gasteiger partial charge in [-0.15, -0.1) is 0 Å². The molecule has 1 rings (SSSR count). The van der Waals surface area contributed by atoms with Crippen LogP contribution in [0.25, 0.3) is 0 Å². The van der Waals surface area contributed by atoms with Crippen LogP contribution in [0, 0.1) is 12.8 Å². The van der Waals surface area contributed by atoms with E-state index in [2.05, 4.69) is 36.1 Å². The number of hydrogen-bond donors (Lipinski definition) is 1. The average Bonchev–Trinajstić information content (AvgIpc) is 2.24. The van der Waals surface area contributed by atoms with Crippen LogP contribution in [-0.4, -0.2) is 23.1 Å². The van der Waals surface area contributed by atoms with Gasteiger partial charge in [-0.2, -0.15) is 4.98 Å². The van der Waals surface area contributed by atoms with Crippen molar-refractivity contribution in [1.29, 1.82) is 0 Å². The van der Waals surface area contributed by atoms with Crippen molar-refractivity contribution < 1.29 is 4.74 Å². The SMILES string of the molecule is CCC(Nc1cc(OC)nc(C)n1)C(C)C. The van der Waals surface area contributed by atoms with Gasteiger partial charge in [0.15, 0.2) is 0 Å². The molecule has 1 atom stereocenters. The van der Waals surface area contributed by atoms with Gasteiger partial charge in [0.05, 0.1) is 7.11 Å². The van der Waals surface area contributed by atoms with E-state index in [1.807, 2.05) is 13.0 Å². The van der Waals surface area contributed by atoms with Crippen LogP contribution >= 0.6 is 0 Å². The van der Waals surface area contributed by atoms with Crippen molar-refractivity contribution in [1.82, 2.24) is 9.97 Å². The van der Waals surface area contributed by atoms with E-state index in [1.165, 1.54) is 0 Å². The minimum atomic E-state index is 0.430. The Morgan fingerprint density at radius 3 is 2.56 bits per heavy atom. The van der Waals surface area contributed by atoms with E-state index in [9.17, 15) is 0 Å². The van der Waals surface area contributed by atoms with E-state index in [-0.39, 0.29) is 0 Å². The molecule has 0 bridgehead atoms. The van der Waals surface area contributed by atoms with E-state index in [0.717, 1.165) is 18.1 Å². The highest BCUT2D eigenvalue weighted by molar-refractivity contribution is 5.39. The molecular weight excluding hydrogens is 202 g/mol. The number of nitrogens with zero attached hydrogens (tertiary/aromatic N) is 2. The largest absolute Gasteiger partial charge is 0.481 e. The molecule has 0 saturated carbocycles. The molecule has 0 spiro atoms. The number of anilines is 1. The summed E-state index contributed by atoms with van der Waals surface area (Å²) >= 11 is 0. The molecule has 0 aromatic carbocycles. The first-order valence-electron chi connectivity index (χ1n) is 5.73. The summed E-state index contributed by atoms with van der Waals surface area (Å²) in [6.07, 6.45) is 1.07. The summed E-state index contributed by atoms with van der Waals surface area (Å²) in [5.41, 5.74) is 0. The molecule has 16 heavy (non-hydrogen) atoms. The number of ether oxygens (including phenoxy) is 1. The molecule has 0 aliphatic heterocycles. The van der Waals surface area contributed by atoms with E-state index in [1.54, 1.807) is 7.11 Å². The van der Waals surface area contributed by atoms with Crippen LogP contribution in [-0.2, 0) is 0 Å². The van der Waals surface area contributed by atoms with Crippen LogP contribution in [0.5, 0.6) is 5.88 Å². The average molecular weight is 223 g/mol. The van der Waals surface area contributed by atoms with Crippen molar-refractivity contribution in [3.8, 4) is 5.88 Å². The maximum Gasteiger partial charge on any atom is 0.218 e. The highest BCUT2D eigenvalue weighted by Crippen LogP contribution is 2.17. The Bertz CT molecular complexity index is 339. The molecule has 90 valence electrons. The van der Waals surface area contributed by atoms with Crippen LogP contribution in [0.15, 0.2) is 6.07 Å². The molecule has 0 fully saturated rings. The Hall–Kier alpha value is -1.32. The summed E-state index contributed by atoms with van der Waals surface area (Å²) in [4.78, 5) is 8.51. The number of hydrogen-bond acceptors (Lipinski definition) is 4. The van der Waals surface area contributed by atoms with Crippen LogP contribution in [0.1, 0.15) is 33.0 Å². The summed E-state index contributed by atoms with van der Waals surface area (Å²) < 4.78 is 5.12. The molecule has 4 nitrogen and oxygen atoms in total. The summed E-state index contributed by atoms with van der Waals surface area (Å²) in [7, 11) is 1.62. The number of aryl methyl sites for hydroxylation is 1. The molecule has 0 amide bonds. The Kier molecular flexibility index (Phi) is 4.52. The number of methoxy groups -OCH3 is 1. The minimum Gasteiger partial charge on any atom is -0.481 e. The van der Waals surface area contributed by atoms with Crippen molar-refractivity contribution in [3.63, 3.8) is 0 Å². The van der Waals surface area contributed by atoms with Gasteiger partial charge in [0.2, 0.25) is 5.88 Å². The third kappa shape index (κ3) is 3.36. The Balaban J connectivity index is 2.83. The van der Waals surface area contributed by atoms with Crippen molar-refractivity contribution in [3.05, 3.63) is 11.9 Å². The molecule has 1 unspecified atom stereocenters. The summed E-state index contributed by atoms with van der Waals surface area (Å²) in [6.45, 7) is 8.44. The van der Waals surface area contributed by atoms with Crippen LogP contribution < -0.4 is 10.1 Å². The van der Waals surface area contributed by atoms with Gasteiger partial charge in [0, 0.05) is 12.1 Å². The summed E-state index contributed by atoms with van der Waals surface area (Å²) in [5.74, 6) is 2.74. The fourth-order valence-corrected chi connectivity index (χ4v) is 1.65. The first-order valence-corrected chi connectivity index (χ1v) is 5.73. The lowest BCUT2D eigenvalue weighted by Gasteiger charge is -2.21. The predicted octanol–water partition coefficient (Wildman–Crippen LogP) is 2.64. The van der Waals surface area contributed by atoms with E-state index in [0.29, 0.717) is 17.8 Å². The summed E-state index contributed by atoms with van der Waals surface area (Å²) in [6, 6.07) is 2.26. The predicted molar refractivity (Wildman–Crippen MR) is 65.9 cm³/mol. The normalized spacial score (nSPS) is 12.6. The van der Waals surface area contributed by atoms with E-state index >= 15 is 0 Å². The molecule has 1 N–H and O–H groups in total. The Labute approximate surface area is 97.5 Å². The monoisotopic (exact) mass is 223 g/mol. The molecule has 0 aliphatic rings. The molecule has 1 aromatic heterocycles. The maximum absolute atomic E-state index is 5.12. The fourth-order valence-electron chi connectivity index (χ4n) is 1.65. The Morgan fingerprint density at radius 2 is 2.06 bits per heavy atom. The molecule has 1 aromatic rings. The van der Waals surface area contributed by atoms with Gasteiger partial charge in [-0.3, -0.25) is 0 Å². The van der Waals surface area contributed by atoms with Gasteiger partial charge in [0.1, 0.15) is 11.6 Å². The topological polar surface area (TPSA) is 47.0 Å². The highest BCUT2D eigenvalue weighted by atomic mass is 16.5. The van der Waals surface area contributed by atoms with Gasteiger partial charge in [-0.25, -0.2) is 4.98 Å². The third-order valence-corrected chi connectivity index (χ3v) is 2.60. The lowest BCUT2D eigenvalue weighted by molar-refractivity contribution is 0.395. The lowest BCUT2D eigenvalue weighted by Crippen LogP contribution is -2.25. The van der Waals surface area contributed by atoms with E-state index in [4.69, 9.17) is 4.74 Å². The van der Waals surface area contributed by atoms with Crippen molar-refractivity contribution in [2.24, 2.45) is 5.92 Å². The zero-order chi connectivity index (χ0) is 12.1. The zero-order valence-corrected chi connectivity index (χ0v) is 10.7. The highest BCUT2D eigenvalue weighted by Gasteiger charge is 2.12. The molecule has 0 radical (unpaired) electrons. The second-order valence-electron chi connectivity index (χ2n) is 4.25.